The van der Waals surface area contributed by atoms with Crippen LogP contribution in [0.4, 0.5) is 0 Å². The van der Waals surface area contributed by atoms with E-state index in [2.05, 4.69) is 19.1 Å². The average Bonchev–Trinajstić information content (AvgIpc) is 2.54. The van der Waals surface area contributed by atoms with Gasteiger partial charge in [-0.25, -0.2) is 0 Å². The van der Waals surface area contributed by atoms with Crippen LogP contribution < -0.4 is 0 Å². The normalized spacial score (nSPS) is 11.5. The Morgan fingerprint density at radius 3 is 1.95 bits per heavy atom. The second-order valence-corrected chi connectivity index (χ2v) is 6.23. The highest BCUT2D eigenvalue weighted by Gasteiger charge is 1.91. The molecule has 0 fully saturated rings. The zero-order chi connectivity index (χ0) is 16.1. The monoisotopic (exact) mass is 332 g/mol. The van der Waals surface area contributed by atoms with Crippen molar-refractivity contribution in [2.24, 2.45) is 0 Å². The number of allylic oxidation sites excluding steroid dienone is 1. The van der Waals surface area contributed by atoms with E-state index in [1.807, 2.05) is 0 Å². The zero-order valence-electron chi connectivity index (χ0n) is 14.7. The van der Waals surface area contributed by atoms with Crippen LogP contribution in [-0.4, -0.2) is 25.9 Å². The van der Waals surface area contributed by atoms with Gasteiger partial charge < -0.3 is 9.47 Å². The van der Waals surface area contributed by atoms with Crippen molar-refractivity contribution >= 4 is 11.6 Å². The first-order chi connectivity index (χ1) is 10.9. The zero-order valence-corrected chi connectivity index (χ0v) is 15.4. The lowest BCUT2D eigenvalue weighted by Crippen LogP contribution is -2.02. The van der Waals surface area contributed by atoms with Crippen molar-refractivity contribution in [1.82, 2.24) is 0 Å². The quantitative estimate of drug-likeness (QED) is 0.124. The summed E-state index contributed by atoms with van der Waals surface area (Å²) >= 11 is 5.66. The predicted molar refractivity (Wildman–Crippen MR) is 97.7 cm³/mol. The molecule has 0 aromatic rings. The highest BCUT2D eigenvalue weighted by molar-refractivity contribution is 6.17. The molecule has 0 aromatic heterocycles. The van der Waals surface area contributed by atoms with Gasteiger partial charge >= 0.3 is 0 Å². The number of alkyl halides is 1. The highest BCUT2D eigenvalue weighted by atomic mass is 35.5. The fraction of sp³-hybridized carbons (Fsp3) is 0.895. The van der Waals surface area contributed by atoms with E-state index in [1.165, 1.54) is 64.2 Å². The maximum absolute atomic E-state index is 5.66. The molecule has 0 rings (SSSR count). The highest BCUT2D eigenvalue weighted by Crippen LogP contribution is 2.10. The SMILES string of the molecule is CCCCOCOCCC=CCCCCCCCCCCCl. The summed E-state index contributed by atoms with van der Waals surface area (Å²) in [6, 6.07) is 0. The molecular formula is C19H37ClO2. The van der Waals surface area contributed by atoms with Crippen LogP contribution in [0.3, 0.4) is 0 Å². The van der Waals surface area contributed by atoms with Gasteiger partial charge in [-0.2, -0.15) is 0 Å². The van der Waals surface area contributed by atoms with E-state index in [0.29, 0.717) is 6.79 Å². The topological polar surface area (TPSA) is 18.5 Å². The minimum atomic E-state index is 0.443. The minimum absolute atomic E-state index is 0.443. The van der Waals surface area contributed by atoms with Crippen LogP contribution in [0.5, 0.6) is 0 Å². The molecule has 0 aliphatic rings. The molecule has 3 heteroatoms. The molecule has 2 nitrogen and oxygen atoms in total. The predicted octanol–water partition coefficient (Wildman–Crippen LogP) is 6.47. The van der Waals surface area contributed by atoms with Crippen molar-refractivity contribution in [3.63, 3.8) is 0 Å². The lowest BCUT2D eigenvalue weighted by Gasteiger charge is -2.03. The van der Waals surface area contributed by atoms with Gasteiger partial charge in [-0.05, 0) is 32.1 Å². The van der Waals surface area contributed by atoms with Gasteiger partial charge in [-0.1, -0.05) is 64.0 Å². The summed E-state index contributed by atoms with van der Waals surface area (Å²) in [5.41, 5.74) is 0. The molecule has 0 radical (unpaired) electrons. The van der Waals surface area contributed by atoms with E-state index in [1.54, 1.807) is 0 Å². The fourth-order valence-electron chi connectivity index (χ4n) is 2.23. The Balaban J connectivity index is 3.02. The number of ether oxygens (including phenoxy) is 2. The van der Waals surface area contributed by atoms with Gasteiger partial charge in [0, 0.05) is 12.5 Å². The second-order valence-electron chi connectivity index (χ2n) is 5.85. The van der Waals surface area contributed by atoms with Gasteiger partial charge in [0.2, 0.25) is 0 Å². The molecule has 0 saturated heterocycles. The molecule has 0 bridgehead atoms. The van der Waals surface area contributed by atoms with Crippen molar-refractivity contribution in [2.45, 2.75) is 84.0 Å². The Hall–Kier alpha value is -0.0500. The number of unbranched alkanes of at least 4 members (excludes halogenated alkanes) is 9. The molecular weight excluding hydrogens is 296 g/mol. The number of hydrogen-bond donors (Lipinski definition) is 0. The average molecular weight is 333 g/mol. The standard InChI is InChI=1S/C19H37ClO2/c1-2-3-17-21-19-22-18-15-13-11-9-7-5-4-6-8-10-12-14-16-20/h11,13H,2-10,12,14-19H2,1H3. The van der Waals surface area contributed by atoms with Crippen LogP contribution >= 0.6 is 11.6 Å². The van der Waals surface area contributed by atoms with Crippen LogP contribution in [-0.2, 0) is 9.47 Å². The molecule has 0 spiro atoms. The molecule has 0 atom stereocenters. The molecule has 0 saturated carbocycles. The van der Waals surface area contributed by atoms with E-state index < -0.39 is 0 Å². The molecule has 0 aromatic carbocycles. The van der Waals surface area contributed by atoms with Crippen molar-refractivity contribution in [1.29, 1.82) is 0 Å². The van der Waals surface area contributed by atoms with E-state index >= 15 is 0 Å². The molecule has 0 heterocycles. The van der Waals surface area contributed by atoms with E-state index in [-0.39, 0.29) is 0 Å². The van der Waals surface area contributed by atoms with Gasteiger partial charge in [-0.15, -0.1) is 11.6 Å². The lowest BCUT2D eigenvalue weighted by atomic mass is 10.1. The summed E-state index contributed by atoms with van der Waals surface area (Å²) in [6.45, 7) is 4.20. The maximum atomic E-state index is 5.66. The van der Waals surface area contributed by atoms with Gasteiger partial charge in [-0.3, -0.25) is 0 Å². The minimum Gasteiger partial charge on any atom is -0.355 e. The largest absolute Gasteiger partial charge is 0.355 e. The summed E-state index contributed by atoms with van der Waals surface area (Å²) in [6.07, 6.45) is 19.7. The molecule has 22 heavy (non-hydrogen) atoms. The van der Waals surface area contributed by atoms with Crippen LogP contribution in [0.15, 0.2) is 12.2 Å². The molecule has 0 aliphatic heterocycles. The first-order valence-corrected chi connectivity index (χ1v) is 9.81. The van der Waals surface area contributed by atoms with Gasteiger partial charge in [0.15, 0.2) is 0 Å². The van der Waals surface area contributed by atoms with Gasteiger partial charge in [0.05, 0.1) is 6.61 Å². The van der Waals surface area contributed by atoms with Gasteiger partial charge in [0.1, 0.15) is 6.79 Å². The fourth-order valence-corrected chi connectivity index (χ4v) is 2.42. The lowest BCUT2D eigenvalue weighted by molar-refractivity contribution is -0.0528. The molecule has 0 amide bonds. The second kappa shape index (κ2) is 20.9. The van der Waals surface area contributed by atoms with Crippen LogP contribution in [0.1, 0.15) is 84.0 Å². The molecule has 132 valence electrons. The van der Waals surface area contributed by atoms with Crippen LogP contribution in [0.25, 0.3) is 0 Å². The Labute approximate surface area is 143 Å². The number of hydrogen-bond acceptors (Lipinski definition) is 2. The van der Waals surface area contributed by atoms with Crippen molar-refractivity contribution in [3.8, 4) is 0 Å². The number of rotatable bonds is 18. The molecule has 0 N–H and O–H groups in total. The van der Waals surface area contributed by atoms with Crippen molar-refractivity contribution in [3.05, 3.63) is 12.2 Å². The summed E-state index contributed by atoms with van der Waals surface area (Å²) in [5, 5.41) is 0. The van der Waals surface area contributed by atoms with Crippen molar-refractivity contribution < 1.29 is 9.47 Å². The van der Waals surface area contributed by atoms with E-state index in [9.17, 15) is 0 Å². The number of halogens is 1. The Morgan fingerprint density at radius 2 is 1.27 bits per heavy atom. The Kier molecular flexibility index (Phi) is 20.9. The van der Waals surface area contributed by atoms with E-state index in [0.717, 1.165) is 31.9 Å². The Morgan fingerprint density at radius 1 is 0.682 bits per heavy atom. The molecule has 0 aliphatic carbocycles. The summed E-state index contributed by atoms with van der Waals surface area (Å²) < 4.78 is 10.7. The van der Waals surface area contributed by atoms with Crippen molar-refractivity contribution in [2.75, 3.05) is 25.9 Å². The summed E-state index contributed by atoms with van der Waals surface area (Å²) in [5.74, 6) is 0.823. The first-order valence-electron chi connectivity index (χ1n) is 9.28. The van der Waals surface area contributed by atoms with E-state index in [4.69, 9.17) is 21.1 Å². The summed E-state index contributed by atoms with van der Waals surface area (Å²) in [4.78, 5) is 0. The summed E-state index contributed by atoms with van der Waals surface area (Å²) in [7, 11) is 0. The van der Waals surface area contributed by atoms with Gasteiger partial charge in [0.25, 0.3) is 0 Å². The van der Waals surface area contributed by atoms with Crippen LogP contribution in [0, 0.1) is 0 Å². The maximum Gasteiger partial charge on any atom is 0.146 e. The third kappa shape index (κ3) is 19.9. The molecule has 0 unspecified atom stereocenters. The van der Waals surface area contributed by atoms with Crippen LogP contribution in [0.2, 0.25) is 0 Å². The smallest absolute Gasteiger partial charge is 0.146 e. The third-order valence-corrected chi connectivity index (χ3v) is 3.93. The Bertz CT molecular complexity index is 219. The first kappa shape index (κ1) is 21.9. The third-order valence-electron chi connectivity index (χ3n) is 3.66.